The van der Waals surface area contributed by atoms with Crippen LogP contribution < -0.4 is 11.1 Å². The Labute approximate surface area is 267 Å². The van der Waals surface area contributed by atoms with Crippen molar-refractivity contribution in [3.05, 3.63) is 61.5 Å². The number of carbonyl (C=O) groups is 2. The Morgan fingerprint density at radius 1 is 0.902 bits per heavy atom. The SMILES string of the molecule is C[C@@](O)(C(=O)N1CCC(N2CC(Nc3cc(Cl)c(C(=O)N4CCC(N)C4)c(Cl)c3)C2)CC1)c1cc(Cl)cc(Cl)c1.S. The summed E-state index contributed by atoms with van der Waals surface area (Å²) in [6.45, 7) is 5.41. The molecule has 13 heteroatoms. The van der Waals surface area contributed by atoms with E-state index in [1.165, 1.54) is 6.92 Å². The summed E-state index contributed by atoms with van der Waals surface area (Å²) in [5.41, 5.74) is 5.70. The number of rotatable bonds is 6. The predicted molar refractivity (Wildman–Crippen MR) is 170 cm³/mol. The van der Waals surface area contributed by atoms with Crippen molar-refractivity contribution in [1.29, 1.82) is 0 Å². The maximum atomic E-state index is 13.2. The van der Waals surface area contributed by atoms with E-state index in [1.807, 2.05) is 0 Å². The number of aliphatic hydroxyl groups is 1. The van der Waals surface area contributed by atoms with Crippen molar-refractivity contribution in [2.45, 2.75) is 49.9 Å². The first-order chi connectivity index (χ1) is 18.9. The summed E-state index contributed by atoms with van der Waals surface area (Å²) in [6.07, 6.45) is 2.41. The molecule has 0 radical (unpaired) electrons. The molecule has 0 aromatic heterocycles. The maximum Gasteiger partial charge on any atom is 0.258 e. The van der Waals surface area contributed by atoms with E-state index in [4.69, 9.17) is 52.1 Å². The number of likely N-dealkylation sites (tertiary alicyclic amines) is 3. The number of benzene rings is 2. The number of amides is 2. The molecule has 1 unspecified atom stereocenters. The van der Waals surface area contributed by atoms with Crippen LogP contribution in [0.5, 0.6) is 0 Å². The van der Waals surface area contributed by atoms with E-state index in [0.29, 0.717) is 63.4 Å². The third kappa shape index (κ3) is 7.04. The van der Waals surface area contributed by atoms with E-state index in [0.717, 1.165) is 38.0 Å². The normalized spacial score (nSPS) is 21.7. The Bertz CT molecular complexity index is 1260. The molecule has 2 aromatic carbocycles. The molecule has 8 nitrogen and oxygen atoms in total. The summed E-state index contributed by atoms with van der Waals surface area (Å²) >= 11 is 25.1. The van der Waals surface area contributed by atoms with Crippen LogP contribution in [0.3, 0.4) is 0 Å². The van der Waals surface area contributed by atoms with E-state index in [-0.39, 0.29) is 37.4 Å². The van der Waals surface area contributed by atoms with Gasteiger partial charge in [0.25, 0.3) is 11.8 Å². The lowest BCUT2D eigenvalue weighted by atomic mass is 9.92. The summed E-state index contributed by atoms with van der Waals surface area (Å²) in [7, 11) is 0. The Morgan fingerprint density at radius 3 is 2.00 bits per heavy atom. The average molecular weight is 663 g/mol. The number of piperidine rings is 1. The molecule has 3 saturated heterocycles. The monoisotopic (exact) mass is 661 g/mol. The molecule has 3 heterocycles. The van der Waals surface area contributed by atoms with E-state index < -0.39 is 5.60 Å². The van der Waals surface area contributed by atoms with Gasteiger partial charge in [0.1, 0.15) is 0 Å². The Morgan fingerprint density at radius 2 is 1.46 bits per heavy atom. The van der Waals surface area contributed by atoms with Crippen molar-refractivity contribution < 1.29 is 14.7 Å². The van der Waals surface area contributed by atoms with Crippen LogP contribution in [0.4, 0.5) is 5.69 Å². The summed E-state index contributed by atoms with van der Waals surface area (Å²) in [6, 6.07) is 8.77. The summed E-state index contributed by atoms with van der Waals surface area (Å²) < 4.78 is 0. The lowest BCUT2D eigenvalue weighted by Gasteiger charge is -2.48. The van der Waals surface area contributed by atoms with Crippen molar-refractivity contribution in [3.8, 4) is 0 Å². The van der Waals surface area contributed by atoms with Gasteiger partial charge in [-0.05, 0) is 62.1 Å². The topological polar surface area (TPSA) is 102 Å². The molecule has 3 aliphatic heterocycles. The molecule has 4 N–H and O–H groups in total. The molecule has 224 valence electrons. The van der Waals surface area contributed by atoms with Gasteiger partial charge in [0, 0.05) is 67.1 Å². The van der Waals surface area contributed by atoms with E-state index >= 15 is 0 Å². The van der Waals surface area contributed by atoms with E-state index in [9.17, 15) is 14.7 Å². The maximum absolute atomic E-state index is 13.2. The fourth-order valence-corrected chi connectivity index (χ4v) is 7.00. The first-order valence-electron chi connectivity index (χ1n) is 13.4. The van der Waals surface area contributed by atoms with E-state index in [2.05, 4.69) is 10.2 Å². The highest BCUT2D eigenvalue weighted by atomic mass is 35.5. The fraction of sp³-hybridized carbons (Fsp3) is 0.500. The van der Waals surface area contributed by atoms with Crippen molar-refractivity contribution in [2.75, 3.05) is 44.6 Å². The van der Waals surface area contributed by atoms with Gasteiger partial charge >= 0.3 is 0 Å². The van der Waals surface area contributed by atoms with Gasteiger partial charge in [-0.15, -0.1) is 0 Å². The average Bonchev–Trinajstić information content (AvgIpc) is 3.31. The second kappa shape index (κ2) is 13.1. The van der Waals surface area contributed by atoms with Crippen LogP contribution in [0.2, 0.25) is 20.1 Å². The zero-order chi connectivity index (χ0) is 28.8. The fourth-order valence-electron chi connectivity index (χ4n) is 5.83. The van der Waals surface area contributed by atoms with Gasteiger partial charge in [0.05, 0.1) is 21.7 Å². The largest absolute Gasteiger partial charge is 0.380 e. The van der Waals surface area contributed by atoms with Gasteiger partial charge in [-0.1, -0.05) is 46.4 Å². The minimum Gasteiger partial charge on any atom is -0.380 e. The Balaban J connectivity index is 0.00000387. The highest BCUT2D eigenvalue weighted by Gasteiger charge is 2.40. The van der Waals surface area contributed by atoms with Gasteiger partial charge in [-0.2, -0.15) is 13.5 Å². The first-order valence-corrected chi connectivity index (χ1v) is 15.0. The molecule has 2 aromatic rings. The summed E-state index contributed by atoms with van der Waals surface area (Å²) in [5, 5.41) is 15.9. The third-order valence-electron chi connectivity index (χ3n) is 8.16. The summed E-state index contributed by atoms with van der Waals surface area (Å²) in [4.78, 5) is 31.9. The second-order valence-corrected chi connectivity index (χ2v) is 12.9. The molecule has 5 rings (SSSR count). The molecule has 0 bridgehead atoms. The van der Waals surface area contributed by atoms with Crippen LogP contribution in [0.1, 0.15) is 42.1 Å². The van der Waals surface area contributed by atoms with Crippen LogP contribution in [0.25, 0.3) is 0 Å². The molecule has 3 aliphatic rings. The zero-order valence-electron chi connectivity index (χ0n) is 22.7. The van der Waals surface area contributed by atoms with Crippen molar-refractivity contribution >= 4 is 77.4 Å². The Hall–Kier alpha value is -1.43. The number of hydrogen-bond donors (Lipinski definition) is 3. The van der Waals surface area contributed by atoms with Crippen molar-refractivity contribution in [2.24, 2.45) is 5.73 Å². The Kier molecular flexibility index (Phi) is 10.3. The number of nitrogens with two attached hydrogens (primary N) is 1. The van der Waals surface area contributed by atoms with Crippen LogP contribution >= 0.6 is 59.9 Å². The number of anilines is 1. The molecule has 0 spiro atoms. The van der Waals surface area contributed by atoms with Gasteiger partial charge < -0.3 is 26.0 Å². The minimum atomic E-state index is -1.71. The zero-order valence-corrected chi connectivity index (χ0v) is 26.7. The van der Waals surface area contributed by atoms with Gasteiger partial charge in [0.15, 0.2) is 5.60 Å². The minimum absolute atomic E-state index is 0. The van der Waals surface area contributed by atoms with Crippen molar-refractivity contribution in [3.63, 3.8) is 0 Å². The smallest absolute Gasteiger partial charge is 0.258 e. The van der Waals surface area contributed by atoms with Crippen molar-refractivity contribution in [1.82, 2.24) is 14.7 Å². The quantitative estimate of drug-likeness (QED) is 0.419. The number of halogens is 4. The lowest BCUT2D eigenvalue weighted by Crippen LogP contribution is -2.61. The van der Waals surface area contributed by atoms with Crippen LogP contribution in [-0.2, 0) is 10.4 Å². The molecule has 2 atom stereocenters. The van der Waals surface area contributed by atoms with Crippen LogP contribution in [0.15, 0.2) is 30.3 Å². The number of nitrogens with zero attached hydrogens (tertiary/aromatic N) is 3. The van der Waals surface area contributed by atoms with Gasteiger partial charge in [-0.25, -0.2) is 0 Å². The van der Waals surface area contributed by atoms with E-state index in [1.54, 1.807) is 40.1 Å². The standard InChI is InChI=1S/C28H33Cl4N5O3.H2S/c1-28(40,16-8-17(29)10-18(30)9-16)27(39)35-6-3-22(4-7-35)37-14-21(15-37)34-20-11-23(31)25(24(32)12-20)26(38)36-5-2-19(33)13-36;/h8-12,19,21-22,34,40H,2-7,13-15,33H2,1H3;1H2/t19?,28-;/m0./s1. The third-order valence-corrected chi connectivity index (χ3v) is 9.19. The molecule has 0 saturated carbocycles. The second-order valence-electron chi connectivity index (χ2n) is 11.2. The molecule has 2 amide bonds. The number of carbonyl (C=O) groups excluding carboxylic acids is 2. The summed E-state index contributed by atoms with van der Waals surface area (Å²) in [5.74, 6) is -0.539. The molecule has 41 heavy (non-hydrogen) atoms. The predicted octanol–water partition coefficient (Wildman–Crippen LogP) is 4.58. The number of hydrogen-bond acceptors (Lipinski definition) is 6. The number of nitrogens with one attached hydrogen (secondary N) is 1. The van der Waals surface area contributed by atoms with Crippen LogP contribution in [-0.4, -0.2) is 89.0 Å². The highest BCUT2D eigenvalue weighted by molar-refractivity contribution is 7.59. The van der Waals surface area contributed by atoms with Gasteiger partial charge in [-0.3, -0.25) is 14.5 Å². The molecule has 3 fully saturated rings. The van der Waals surface area contributed by atoms with Crippen LogP contribution in [0, 0.1) is 0 Å². The molecular weight excluding hydrogens is 628 g/mol. The highest BCUT2D eigenvalue weighted by Crippen LogP contribution is 2.34. The molecular formula is C28H35Cl4N5O3S. The van der Waals surface area contributed by atoms with Gasteiger partial charge in [0.2, 0.25) is 0 Å². The lowest BCUT2D eigenvalue weighted by molar-refractivity contribution is -0.152. The first kappa shape index (κ1) is 32.5. The molecule has 0 aliphatic carbocycles.